The molecule has 1 aliphatic carbocycles. The number of hydrogen-bond donors (Lipinski definition) is 0. The number of allylic oxidation sites excluding steroid dienone is 2. The number of carbonyl (C=O) groups excluding carboxylic acids is 2. The number of esters is 1. The molecule has 0 saturated carbocycles. The van der Waals surface area contributed by atoms with E-state index in [1.165, 1.54) is 7.11 Å². The van der Waals surface area contributed by atoms with Crippen LogP contribution in [0, 0.1) is 5.92 Å². The SMILES string of the molecule is COC(=O)C1C(C)=NC2=C(C(=O)CCC2)[C@H]1c1ccc(OC)cc1OC. The third kappa shape index (κ3) is 3.00. The fourth-order valence-electron chi connectivity index (χ4n) is 3.85. The zero-order valence-corrected chi connectivity index (χ0v) is 15.5. The van der Waals surface area contributed by atoms with Crippen molar-refractivity contribution in [1.82, 2.24) is 0 Å². The highest BCUT2D eigenvalue weighted by Crippen LogP contribution is 2.46. The van der Waals surface area contributed by atoms with E-state index in [0.29, 0.717) is 29.2 Å². The molecule has 1 aromatic rings. The molecule has 26 heavy (non-hydrogen) atoms. The first kappa shape index (κ1) is 18.2. The molecule has 2 aliphatic rings. The van der Waals surface area contributed by atoms with E-state index >= 15 is 0 Å². The van der Waals surface area contributed by atoms with Crippen molar-refractivity contribution in [1.29, 1.82) is 0 Å². The predicted molar refractivity (Wildman–Crippen MR) is 96.8 cm³/mol. The molecule has 0 spiro atoms. The van der Waals surface area contributed by atoms with Crippen LogP contribution in [0.1, 0.15) is 37.7 Å². The fraction of sp³-hybridized carbons (Fsp3) is 0.450. The summed E-state index contributed by atoms with van der Waals surface area (Å²) in [6.07, 6.45) is 1.99. The second-order valence-electron chi connectivity index (χ2n) is 6.48. The number of Topliss-reactive ketones (excluding diaryl/α,β-unsaturated/α-hetero) is 1. The van der Waals surface area contributed by atoms with Crippen LogP contribution in [0.5, 0.6) is 11.5 Å². The lowest BCUT2D eigenvalue weighted by molar-refractivity contribution is -0.143. The average Bonchev–Trinajstić information content (AvgIpc) is 2.66. The van der Waals surface area contributed by atoms with E-state index in [9.17, 15) is 9.59 Å². The number of ether oxygens (including phenoxy) is 3. The molecule has 0 amide bonds. The van der Waals surface area contributed by atoms with Crippen molar-refractivity contribution in [3.63, 3.8) is 0 Å². The van der Waals surface area contributed by atoms with E-state index in [1.807, 2.05) is 13.0 Å². The summed E-state index contributed by atoms with van der Waals surface area (Å²) in [6, 6.07) is 5.42. The topological polar surface area (TPSA) is 74.2 Å². The standard InChI is InChI=1S/C20H23NO5/c1-11-17(20(23)26-4)18(19-14(21-11)6-5-7-15(19)22)13-9-8-12(24-2)10-16(13)25-3/h8-10,17-18H,5-7H2,1-4H3/t17?,18-/m0/s1. The molecule has 0 fully saturated rings. The predicted octanol–water partition coefficient (Wildman–Crippen LogP) is 3.06. The summed E-state index contributed by atoms with van der Waals surface area (Å²) in [5.41, 5.74) is 2.82. The number of rotatable bonds is 4. The van der Waals surface area contributed by atoms with Gasteiger partial charge in [0.2, 0.25) is 0 Å². The van der Waals surface area contributed by atoms with Crippen LogP contribution in [-0.2, 0) is 14.3 Å². The second kappa shape index (κ2) is 7.32. The minimum absolute atomic E-state index is 0.0410. The fourth-order valence-corrected chi connectivity index (χ4v) is 3.85. The summed E-state index contributed by atoms with van der Waals surface area (Å²) in [6.45, 7) is 1.81. The lowest BCUT2D eigenvalue weighted by atomic mass is 9.71. The maximum atomic E-state index is 12.8. The second-order valence-corrected chi connectivity index (χ2v) is 6.48. The van der Waals surface area contributed by atoms with Gasteiger partial charge in [0.15, 0.2) is 5.78 Å². The third-order valence-corrected chi connectivity index (χ3v) is 5.07. The van der Waals surface area contributed by atoms with E-state index in [4.69, 9.17) is 14.2 Å². The highest BCUT2D eigenvalue weighted by Gasteiger charge is 2.44. The van der Waals surface area contributed by atoms with Gasteiger partial charge >= 0.3 is 5.97 Å². The molecule has 1 aliphatic heterocycles. The summed E-state index contributed by atoms with van der Waals surface area (Å²) in [7, 11) is 4.49. The van der Waals surface area contributed by atoms with E-state index < -0.39 is 17.8 Å². The van der Waals surface area contributed by atoms with Gasteiger partial charge in [-0.05, 0) is 25.8 Å². The van der Waals surface area contributed by atoms with Crippen molar-refractivity contribution in [2.45, 2.75) is 32.1 Å². The first-order valence-corrected chi connectivity index (χ1v) is 8.63. The number of benzene rings is 1. The lowest BCUT2D eigenvalue weighted by Gasteiger charge is -2.34. The normalized spacial score (nSPS) is 22.5. The zero-order valence-electron chi connectivity index (χ0n) is 15.5. The van der Waals surface area contributed by atoms with Crippen LogP contribution < -0.4 is 9.47 Å². The Balaban J connectivity index is 2.22. The van der Waals surface area contributed by atoms with Crippen molar-refractivity contribution >= 4 is 17.5 Å². The molecule has 2 atom stereocenters. The summed E-state index contributed by atoms with van der Waals surface area (Å²) < 4.78 is 15.8. The summed E-state index contributed by atoms with van der Waals surface area (Å²) in [5, 5.41) is 0. The van der Waals surface area contributed by atoms with Gasteiger partial charge in [-0.1, -0.05) is 6.07 Å². The van der Waals surface area contributed by atoms with E-state index in [-0.39, 0.29) is 5.78 Å². The van der Waals surface area contributed by atoms with Crippen LogP contribution in [0.3, 0.4) is 0 Å². The number of carbonyl (C=O) groups is 2. The van der Waals surface area contributed by atoms with Gasteiger partial charge in [-0.2, -0.15) is 0 Å². The summed E-state index contributed by atoms with van der Waals surface area (Å²) in [4.78, 5) is 29.9. The molecule has 1 heterocycles. The minimum Gasteiger partial charge on any atom is -0.497 e. The third-order valence-electron chi connectivity index (χ3n) is 5.07. The van der Waals surface area contributed by atoms with Crippen molar-refractivity contribution < 1.29 is 23.8 Å². The van der Waals surface area contributed by atoms with Gasteiger partial charge in [-0.15, -0.1) is 0 Å². The highest BCUT2D eigenvalue weighted by molar-refractivity contribution is 6.09. The number of ketones is 1. The molecule has 0 aromatic heterocycles. The molecule has 0 N–H and O–H groups in total. The molecule has 6 nitrogen and oxygen atoms in total. The minimum atomic E-state index is -0.650. The van der Waals surface area contributed by atoms with Crippen LogP contribution in [0.4, 0.5) is 0 Å². The van der Waals surface area contributed by atoms with Crippen LogP contribution >= 0.6 is 0 Å². The molecule has 3 rings (SSSR count). The highest BCUT2D eigenvalue weighted by atomic mass is 16.5. The Kier molecular flexibility index (Phi) is 5.11. The van der Waals surface area contributed by atoms with Gasteiger partial charge in [0, 0.05) is 41.0 Å². The van der Waals surface area contributed by atoms with E-state index in [2.05, 4.69) is 4.99 Å². The number of aliphatic imine (C=N–C) groups is 1. The summed E-state index contributed by atoms with van der Waals surface area (Å²) in [5.74, 6) is -0.265. The lowest BCUT2D eigenvalue weighted by Crippen LogP contribution is -2.37. The van der Waals surface area contributed by atoms with Crippen molar-refractivity contribution in [3.05, 3.63) is 35.0 Å². The van der Waals surface area contributed by atoms with Crippen LogP contribution in [0.15, 0.2) is 34.5 Å². The zero-order chi connectivity index (χ0) is 18.8. The molecule has 0 bridgehead atoms. The molecule has 1 aromatic carbocycles. The Morgan fingerprint density at radius 1 is 1.15 bits per heavy atom. The number of hydrogen-bond acceptors (Lipinski definition) is 6. The first-order valence-electron chi connectivity index (χ1n) is 8.63. The van der Waals surface area contributed by atoms with Gasteiger partial charge < -0.3 is 14.2 Å². The Morgan fingerprint density at radius 2 is 1.92 bits per heavy atom. The molecule has 0 radical (unpaired) electrons. The monoisotopic (exact) mass is 357 g/mol. The van der Waals surface area contributed by atoms with Gasteiger partial charge in [-0.25, -0.2) is 0 Å². The maximum Gasteiger partial charge on any atom is 0.315 e. The smallest absolute Gasteiger partial charge is 0.315 e. The summed E-state index contributed by atoms with van der Waals surface area (Å²) >= 11 is 0. The van der Waals surface area contributed by atoms with Crippen molar-refractivity contribution in [3.8, 4) is 11.5 Å². The molecule has 1 unspecified atom stereocenters. The Hall–Kier alpha value is -2.63. The van der Waals surface area contributed by atoms with Gasteiger partial charge in [0.25, 0.3) is 0 Å². The van der Waals surface area contributed by atoms with Gasteiger partial charge in [0.1, 0.15) is 17.4 Å². The number of methoxy groups -OCH3 is 3. The molecular weight excluding hydrogens is 334 g/mol. The first-order chi connectivity index (χ1) is 12.5. The number of nitrogens with zero attached hydrogens (tertiary/aromatic N) is 1. The largest absolute Gasteiger partial charge is 0.497 e. The quantitative estimate of drug-likeness (QED) is 0.774. The van der Waals surface area contributed by atoms with E-state index in [1.54, 1.807) is 26.4 Å². The van der Waals surface area contributed by atoms with E-state index in [0.717, 1.165) is 24.1 Å². The van der Waals surface area contributed by atoms with Crippen LogP contribution in [0.25, 0.3) is 0 Å². The molecule has 6 heteroatoms. The molecular formula is C20H23NO5. The van der Waals surface area contributed by atoms with Gasteiger partial charge in [0.05, 0.1) is 21.3 Å². The Labute approximate surface area is 152 Å². The average molecular weight is 357 g/mol. The molecule has 0 saturated heterocycles. The van der Waals surface area contributed by atoms with Gasteiger partial charge in [-0.3, -0.25) is 14.6 Å². The Bertz CT molecular complexity index is 808. The van der Waals surface area contributed by atoms with Crippen LogP contribution in [0.2, 0.25) is 0 Å². The maximum absolute atomic E-state index is 12.8. The molecule has 138 valence electrons. The van der Waals surface area contributed by atoms with Crippen LogP contribution in [-0.4, -0.2) is 38.8 Å². The Morgan fingerprint density at radius 3 is 2.58 bits per heavy atom. The van der Waals surface area contributed by atoms with Crippen molar-refractivity contribution in [2.24, 2.45) is 10.9 Å². The van der Waals surface area contributed by atoms with Crippen molar-refractivity contribution in [2.75, 3.05) is 21.3 Å².